The maximum atomic E-state index is 5.83. The lowest BCUT2D eigenvalue weighted by Crippen LogP contribution is -2.47. The molecule has 1 aromatic heterocycles. The average Bonchev–Trinajstić information content (AvgIpc) is 3.51. The van der Waals surface area contributed by atoms with Crippen molar-refractivity contribution in [1.29, 1.82) is 0 Å². The van der Waals surface area contributed by atoms with Crippen molar-refractivity contribution in [3.8, 4) is 0 Å². The van der Waals surface area contributed by atoms with Crippen molar-refractivity contribution in [2.45, 2.75) is 63.3 Å². The van der Waals surface area contributed by atoms with E-state index in [1.807, 2.05) is 0 Å². The molecule has 6 rings (SSSR count). The summed E-state index contributed by atoms with van der Waals surface area (Å²) in [5.74, 6) is 2.55. The fourth-order valence-corrected chi connectivity index (χ4v) is 7.03. The molecule has 7 nitrogen and oxygen atoms in total. The molecule has 0 unspecified atom stereocenters. The first-order valence-electron chi connectivity index (χ1n) is 15.4. The molecule has 0 amide bonds. The number of aromatic nitrogens is 2. The normalized spacial score (nSPS) is 20.6. The molecule has 3 aliphatic rings. The van der Waals surface area contributed by atoms with Gasteiger partial charge in [-0.3, -0.25) is 0 Å². The van der Waals surface area contributed by atoms with Crippen molar-refractivity contribution in [1.82, 2.24) is 15.3 Å². The summed E-state index contributed by atoms with van der Waals surface area (Å²) in [7, 11) is 0. The highest BCUT2D eigenvalue weighted by molar-refractivity contribution is 7.80. The van der Waals surface area contributed by atoms with Crippen LogP contribution in [0.3, 0.4) is 0 Å². The molecule has 3 fully saturated rings. The van der Waals surface area contributed by atoms with E-state index in [0.29, 0.717) is 17.1 Å². The van der Waals surface area contributed by atoms with Gasteiger partial charge >= 0.3 is 0 Å². The van der Waals surface area contributed by atoms with Crippen LogP contribution in [-0.4, -0.2) is 60.4 Å². The monoisotopic (exact) mass is 569 g/mol. The Labute approximate surface area is 250 Å². The molecule has 3 aromatic rings. The van der Waals surface area contributed by atoms with E-state index in [1.54, 1.807) is 0 Å². The van der Waals surface area contributed by atoms with E-state index in [0.717, 1.165) is 50.9 Å². The Kier molecular flexibility index (Phi) is 8.56. The van der Waals surface area contributed by atoms with Crippen LogP contribution < -0.4 is 25.3 Å². The Morgan fingerprint density at radius 2 is 1.49 bits per heavy atom. The van der Waals surface area contributed by atoms with Gasteiger partial charge in [-0.25, -0.2) is 0 Å². The van der Waals surface area contributed by atoms with Crippen LogP contribution in [0.1, 0.15) is 57.4 Å². The summed E-state index contributed by atoms with van der Waals surface area (Å²) in [6, 6.07) is 24.3. The number of thiocarbonyl (C=S) groups is 1. The average molecular weight is 570 g/mol. The van der Waals surface area contributed by atoms with Crippen LogP contribution in [0.4, 0.5) is 23.3 Å². The summed E-state index contributed by atoms with van der Waals surface area (Å²) in [5.41, 5.74) is 2.82. The number of nitrogens with zero attached hydrogens (tertiary/aromatic N) is 5. The van der Waals surface area contributed by atoms with Crippen molar-refractivity contribution < 1.29 is 0 Å². The molecule has 1 saturated carbocycles. The molecule has 8 heteroatoms. The SMILES string of the molecule is C[C@@H]1CCCCN1c1cc(N2CCN(c3ccccc3)CC2)nc(NC(=S)NCC2(c3ccccc3)CCCC2)n1. The minimum absolute atomic E-state index is 0.128. The van der Waals surface area contributed by atoms with Gasteiger partial charge in [0.25, 0.3) is 0 Å². The van der Waals surface area contributed by atoms with Gasteiger partial charge in [0.15, 0.2) is 5.11 Å². The van der Waals surface area contributed by atoms with Crippen LogP contribution in [0.25, 0.3) is 0 Å². The van der Waals surface area contributed by atoms with Gasteiger partial charge in [0.05, 0.1) is 0 Å². The summed E-state index contributed by atoms with van der Waals surface area (Å²) < 4.78 is 0. The summed E-state index contributed by atoms with van der Waals surface area (Å²) in [6.45, 7) is 7.93. The van der Waals surface area contributed by atoms with Crippen LogP contribution in [0.5, 0.6) is 0 Å². The zero-order chi connectivity index (χ0) is 28.1. The zero-order valence-corrected chi connectivity index (χ0v) is 25.1. The molecule has 1 atom stereocenters. The second-order valence-corrected chi connectivity index (χ2v) is 12.3. The van der Waals surface area contributed by atoms with Crippen molar-refractivity contribution in [2.24, 2.45) is 0 Å². The minimum Gasteiger partial charge on any atom is -0.368 e. The Balaban J connectivity index is 1.18. The fraction of sp³-hybridized carbons (Fsp3) is 0.485. The number of anilines is 4. The predicted molar refractivity (Wildman–Crippen MR) is 174 cm³/mol. The predicted octanol–water partition coefficient (Wildman–Crippen LogP) is 5.98. The molecule has 3 heterocycles. The van der Waals surface area contributed by atoms with Crippen molar-refractivity contribution in [2.75, 3.05) is 59.3 Å². The Morgan fingerprint density at radius 3 is 2.20 bits per heavy atom. The van der Waals surface area contributed by atoms with E-state index < -0.39 is 0 Å². The number of hydrogen-bond acceptors (Lipinski definition) is 6. The molecule has 2 N–H and O–H groups in total. The van der Waals surface area contributed by atoms with E-state index in [-0.39, 0.29) is 5.41 Å². The standard InChI is InChI=1S/C33H43N7S/c1-26-12-8-11-19-40(26)30-24-29(39-22-20-38(21-23-39)28-15-6-3-7-16-28)35-31(36-30)37-32(41)34-25-33(17-9-10-18-33)27-13-4-2-5-14-27/h2-7,13-16,24,26H,8-12,17-23,25H2,1H3,(H2,34,35,36,37,41)/t26-/m1/s1. The van der Waals surface area contributed by atoms with Gasteiger partial charge in [0.1, 0.15) is 11.6 Å². The van der Waals surface area contributed by atoms with Gasteiger partial charge < -0.3 is 25.3 Å². The van der Waals surface area contributed by atoms with Gasteiger partial charge in [-0.1, -0.05) is 61.4 Å². The van der Waals surface area contributed by atoms with E-state index in [4.69, 9.17) is 22.2 Å². The van der Waals surface area contributed by atoms with E-state index >= 15 is 0 Å². The third-order valence-corrected chi connectivity index (χ3v) is 9.53. The smallest absolute Gasteiger partial charge is 0.232 e. The Morgan fingerprint density at radius 1 is 0.829 bits per heavy atom. The first-order valence-corrected chi connectivity index (χ1v) is 15.8. The van der Waals surface area contributed by atoms with E-state index in [2.05, 4.69) is 99.0 Å². The largest absolute Gasteiger partial charge is 0.368 e. The summed E-state index contributed by atoms with van der Waals surface area (Å²) in [4.78, 5) is 17.3. The lowest BCUT2D eigenvalue weighted by atomic mass is 9.79. The Hall–Kier alpha value is -3.39. The molecule has 0 bridgehead atoms. The molecule has 2 saturated heterocycles. The van der Waals surface area contributed by atoms with Crippen LogP contribution in [0.2, 0.25) is 0 Å². The molecule has 216 valence electrons. The molecule has 0 radical (unpaired) electrons. The number of piperidine rings is 1. The highest BCUT2D eigenvalue weighted by Gasteiger charge is 2.35. The number of hydrogen-bond donors (Lipinski definition) is 2. The number of nitrogens with one attached hydrogen (secondary N) is 2. The second-order valence-electron chi connectivity index (χ2n) is 11.9. The number of piperazine rings is 1. The Bertz CT molecular complexity index is 1290. The molecule has 2 aromatic carbocycles. The van der Waals surface area contributed by atoms with Crippen LogP contribution in [0.15, 0.2) is 66.7 Å². The maximum Gasteiger partial charge on any atom is 0.232 e. The van der Waals surface area contributed by atoms with E-state index in [9.17, 15) is 0 Å². The van der Waals surface area contributed by atoms with Gasteiger partial charge in [-0.2, -0.15) is 9.97 Å². The van der Waals surface area contributed by atoms with Gasteiger partial charge in [-0.15, -0.1) is 0 Å². The highest BCUT2D eigenvalue weighted by atomic mass is 32.1. The first-order chi connectivity index (χ1) is 20.1. The quantitative estimate of drug-likeness (QED) is 0.337. The molecular weight excluding hydrogens is 526 g/mol. The van der Waals surface area contributed by atoms with Crippen molar-refractivity contribution in [3.63, 3.8) is 0 Å². The summed E-state index contributed by atoms with van der Waals surface area (Å²) in [5, 5.41) is 7.52. The number of benzene rings is 2. The highest BCUT2D eigenvalue weighted by Crippen LogP contribution is 2.40. The van der Waals surface area contributed by atoms with Crippen LogP contribution in [0, 0.1) is 0 Å². The second kappa shape index (κ2) is 12.6. The molecule has 0 spiro atoms. The lowest BCUT2D eigenvalue weighted by Gasteiger charge is -2.38. The molecule has 1 aliphatic carbocycles. The third-order valence-electron chi connectivity index (χ3n) is 9.28. The van der Waals surface area contributed by atoms with Gasteiger partial charge in [-0.05, 0) is 68.9 Å². The molecule has 41 heavy (non-hydrogen) atoms. The maximum absolute atomic E-state index is 5.83. The topological polar surface area (TPSA) is 59.6 Å². The summed E-state index contributed by atoms with van der Waals surface area (Å²) in [6.07, 6.45) is 8.56. The molecular formula is C33H43N7S. The van der Waals surface area contributed by atoms with E-state index in [1.165, 1.54) is 56.2 Å². The number of rotatable bonds is 7. The van der Waals surface area contributed by atoms with Gasteiger partial charge in [0, 0.05) is 62.5 Å². The summed E-state index contributed by atoms with van der Waals surface area (Å²) >= 11 is 5.83. The first kappa shape index (κ1) is 27.8. The van der Waals surface area contributed by atoms with Crippen LogP contribution in [-0.2, 0) is 5.41 Å². The van der Waals surface area contributed by atoms with Crippen molar-refractivity contribution >= 4 is 40.6 Å². The fourth-order valence-electron chi connectivity index (χ4n) is 6.86. The van der Waals surface area contributed by atoms with Crippen molar-refractivity contribution in [3.05, 3.63) is 72.3 Å². The number of para-hydroxylation sites is 1. The third kappa shape index (κ3) is 6.43. The molecule has 2 aliphatic heterocycles. The minimum atomic E-state index is 0.128. The van der Waals surface area contributed by atoms with Gasteiger partial charge in [0.2, 0.25) is 5.95 Å². The zero-order valence-electron chi connectivity index (χ0n) is 24.3. The lowest BCUT2D eigenvalue weighted by molar-refractivity contribution is 0.435. The van der Waals surface area contributed by atoms with Crippen LogP contribution >= 0.6 is 12.2 Å².